The van der Waals surface area contributed by atoms with Crippen molar-refractivity contribution in [3.63, 3.8) is 0 Å². The smallest absolute Gasteiger partial charge is 0.405 e. The molecule has 2 aliphatic rings. The molecule has 1 spiro atoms. The number of nitrogens with one attached hydrogen (secondary N) is 2. The minimum absolute atomic E-state index is 0.0591. The highest BCUT2D eigenvalue weighted by molar-refractivity contribution is 6.00. The summed E-state index contributed by atoms with van der Waals surface area (Å²) in [6.07, 6.45) is -2.02. The van der Waals surface area contributed by atoms with E-state index in [-0.39, 0.29) is 38.2 Å². The summed E-state index contributed by atoms with van der Waals surface area (Å²) in [7, 11) is 0. The Morgan fingerprint density at radius 3 is 2.56 bits per heavy atom. The minimum Gasteiger partial charge on any atom is -0.479 e. The van der Waals surface area contributed by atoms with Gasteiger partial charge >= 0.3 is 6.09 Å². The molecule has 3 amide bonds. The van der Waals surface area contributed by atoms with Crippen LogP contribution in [-0.2, 0) is 19.1 Å². The Balaban J connectivity index is 1.96. The van der Waals surface area contributed by atoms with Crippen molar-refractivity contribution in [3.05, 3.63) is 23.8 Å². The zero-order chi connectivity index (χ0) is 23.7. The van der Waals surface area contributed by atoms with Crippen LogP contribution < -0.4 is 21.1 Å². The molecule has 1 saturated heterocycles. The van der Waals surface area contributed by atoms with E-state index in [0.717, 1.165) is 6.07 Å². The van der Waals surface area contributed by atoms with Gasteiger partial charge in [-0.15, -0.1) is 0 Å². The number of rotatable bonds is 4. The maximum absolute atomic E-state index is 14.5. The second kappa shape index (κ2) is 8.89. The van der Waals surface area contributed by atoms with Gasteiger partial charge in [-0.25, -0.2) is 9.18 Å². The van der Waals surface area contributed by atoms with Crippen LogP contribution in [0.2, 0.25) is 0 Å². The number of halogens is 2. The molecule has 0 saturated carbocycles. The quantitative estimate of drug-likeness (QED) is 0.639. The molecule has 11 heteroatoms. The van der Waals surface area contributed by atoms with Crippen molar-refractivity contribution < 1.29 is 37.4 Å². The Kier molecular flexibility index (Phi) is 6.59. The Morgan fingerprint density at radius 2 is 1.97 bits per heavy atom. The van der Waals surface area contributed by atoms with Crippen molar-refractivity contribution in [1.82, 2.24) is 5.32 Å². The van der Waals surface area contributed by atoms with Gasteiger partial charge in [0, 0.05) is 12.8 Å². The highest BCUT2D eigenvalue weighted by atomic mass is 19.2. The van der Waals surface area contributed by atoms with Crippen LogP contribution in [0.1, 0.15) is 40.0 Å². The Bertz CT molecular complexity index is 912. The van der Waals surface area contributed by atoms with Gasteiger partial charge in [0.05, 0.1) is 18.9 Å². The number of anilines is 1. The summed E-state index contributed by atoms with van der Waals surface area (Å²) in [5.41, 5.74) is 3.25. The molecule has 4 N–H and O–H groups in total. The summed E-state index contributed by atoms with van der Waals surface area (Å²) in [6.45, 7) is 5.87. The number of benzene rings is 1. The monoisotopic (exact) mass is 455 g/mol. The summed E-state index contributed by atoms with van der Waals surface area (Å²) in [4.78, 5) is 37.5. The molecular formula is C21H27F2N3O6. The molecule has 2 aliphatic heterocycles. The Hall–Kier alpha value is -2.95. The number of carbonyl (C=O) groups is 3. The van der Waals surface area contributed by atoms with Gasteiger partial charge in [0.15, 0.2) is 17.7 Å². The lowest BCUT2D eigenvalue weighted by Gasteiger charge is -2.41. The van der Waals surface area contributed by atoms with E-state index in [1.54, 1.807) is 0 Å². The summed E-state index contributed by atoms with van der Waals surface area (Å²) < 4.78 is 44.7. The molecule has 1 fully saturated rings. The maximum Gasteiger partial charge on any atom is 0.405 e. The number of hydrogen-bond donors (Lipinski definition) is 3. The molecule has 0 unspecified atom stereocenters. The number of primary amides is 1. The maximum atomic E-state index is 14.5. The van der Waals surface area contributed by atoms with Gasteiger partial charge in [0.2, 0.25) is 5.82 Å². The van der Waals surface area contributed by atoms with Gasteiger partial charge in [-0.2, -0.15) is 4.39 Å². The first kappa shape index (κ1) is 23.7. The highest BCUT2D eigenvalue weighted by Crippen LogP contribution is 2.40. The summed E-state index contributed by atoms with van der Waals surface area (Å²) in [6, 6.07) is 0.752. The highest BCUT2D eigenvalue weighted by Gasteiger charge is 2.51. The number of fused-ring (bicyclic) bond motifs is 1. The average Bonchev–Trinajstić information content (AvgIpc) is 2.80. The second-order valence-electron chi connectivity index (χ2n) is 9.14. The van der Waals surface area contributed by atoms with Gasteiger partial charge in [0.25, 0.3) is 11.8 Å². The van der Waals surface area contributed by atoms with Gasteiger partial charge in [-0.05, 0) is 24.0 Å². The van der Waals surface area contributed by atoms with Crippen LogP contribution >= 0.6 is 0 Å². The number of hydrogen-bond acceptors (Lipinski definition) is 6. The lowest BCUT2D eigenvalue weighted by molar-refractivity contribution is -0.141. The van der Waals surface area contributed by atoms with E-state index in [0.29, 0.717) is 0 Å². The van der Waals surface area contributed by atoms with Crippen LogP contribution in [0, 0.1) is 17.0 Å². The first-order valence-corrected chi connectivity index (χ1v) is 10.2. The van der Waals surface area contributed by atoms with E-state index in [1.165, 1.54) is 6.07 Å². The largest absolute Gasteiger partial charge is 0.479 e. The molecule has 32 heavy (non-hydrogen) atoms. The number of amides is 3. The number of ether oxygens (including phenoxy) is 3. The molecule has 0 radical (unpaired) electrons. The van der Waals surface area contributed by atoms with Crippen molar-refractivity contribution in [1.29, 1.82) is 0 Å². The molecule has 3 rings (SSSR count). The fraction of sp³-hybridized carbons (Fsp3) is 0.571. The zero-order valence-corrected chi connectivity index (χ0v) is 18.1. The van der Waals surface area contributed by atoms with Crippen LogP contribution in [0.5, 0.6) is 5.75 Å². The van der Waals surface area contributed by atoms with E-state index in [9.17, 15) is 23.2 Å². The molecule has 0 aliphatic carbocycles. The van der Waals surface area contributed by atoms with Crippen LogP contribution in [0.25, 0.3) is 0 Å². The van der Waals surface area contributed by atoms with Crippen molar-refractivity contribution >= 4 is 23.6 Å². The van der Waals surface area contributed by atoms with E-state index in [2.05, 4.69) is 10.6 Å². The predicted molar refractivity (Wildman–Crippen MR) is 109 cm³/mol. The van der Waals surface area contributed by atoms with Crippen LogP contribution in [0.15, 0.2) is 12.1 Å². The van der Waals surface area contributed by atoms with Crippen molar-refractivity contribution in [2.45, 2.75) is 57.8 Å². The predicted octanol–water partition coefficient (Wildman–Crippen LogP) is 2.23. The Morgan fingerprint density at radius 1 is 1.31 bits per heavy atom. The first-order valence-electron chi connectivity index (χ1n) is 10.2. The standard InChI is InChI=1S/C21H27F2N3O6/c1-20(2,3)10-13(31-19(24)29)17(27)26-16-18(28)25-12-5-4-11(22)14(23)15(12)32-21(16)6-8-30-9-7-21/h4-5,13,16H,6-10H2,1-3H3,(H2,24,29)(H,25,28)(H,26,27)/t13-,16-/m0/s1. The summed E-state index contributed by atoms with van der Waals surface area (Å²) >= 11 is 0. The SMILES string of the molecule is CC(C)(C)C[C@H](OC(N)=O)C(=O)N[C@H]1C(=O)Nc2ccc(F)c(F)c2OC12CCOCC2. The summed E-state index contributed by atoms with van der Waals surface area (Å²) in [5.74, 6) is -4.27. The van der Waals surface area contributed by atoms with Crippen molar-refractivity contribution in [3.8, 4) is 5.75 Å². The third-order valence-corrected chi connectivity index (χ3v) is 5.38. The third kappa shape index (κ3) is 5.09. The van der Waals surface area contributed by atoms with Gasteiger partial charge in [-0.1, -0.05) is 20.8 Å². The number of nitrogens with two attached hydrogens (primary N) is 1. The lowest BCUT2D eigenvalue weighted by atomic mass is 9.84. The van der Waals surface area contributed by atoms with E-state index in [4.69, 9.17) is 19.9 Å². The lowest BCUT2D eigenvalue weighted by Crippen LogP contribution is -2.63. The van der Waals surface area contributed by atoms with Crippen LogP contribution in [0.3, 0.4) is 0 Å². The van der Waals surface area contributed by atoms with Crippen LogP contribution in [0.4, 0.5) is 19.3 Å². The first-order chi connectivity index (χ1) is 14.9. The fourth-order valence-corrected chi connectivity index (χ4v) is 3.86. The molecule has 9 nitrogen and oxygen atoms in total. The molecule has 1 aromatic carbocycles. The third-order valence-electron chi connectivity index (χ3n) is 5.38. The topological polar surface area (TPSA) is 129 Å². The molecule has 2 atom stereocenters. The van der Waals surface area contributed by atoms with Gasteiger partial charge in [0.1, 0.15) is 11.6 Å². The van der Waals surface area contributed by atoms with Crippen LogP contribution in [-0.4, -0.2) is 48.9 Å². The normalized spacial score (nSPS) is 20.9. The van der Waals surface area contributed by atoms with E-state index in [1.807, 2.05) is 20.8 Å². The average molecular weight is 455 g/mol. The fourth-order valence-electron chi connectivity index (χ4n) is 3.86. The minimum atomic E-state index is -1.41. The van der Waals surface area contributed by atoms with Crippen molar-refractivity contribution in [2.75, 3.05) is 18.5 Å². The van der Waals surface area contributed by atoms with Gasteiger partial charge < -0.3 is 30.6 Å². The van der Waals surface area contributed by atoms with Crippen molar-refractivity contribution in [2.24, 2.45) is 11.1 Å². The van der Waals surface area contributed by atoms with Gasteiger partial charge in [-0.3, -0.25) is 9.59 Å². The molecule has 0 aromatic heterocycles. The summed E-state index contributed by atoms with van der Waals surface area (Å²) in [5, 5.41) is 5.07. The zero-order valence-electron chi connectivity index (χ0n) is 18.1. The second-order valence-corrected chi connectivity index (χ2v) is 9.14. The molecule has 1 aromatic rings. The molecule has 0 bridgehead atoms. The van der Waals surface area contributed by atoms with E-state index < -0.39 is 58.5 Å². The van der Waals surface area contributed by atoms with E-state index >= 15 is 0 Å². The molecular weight excluding hydrogens is 428 g/mol. The molecule has 176 valence electrons. The Labute approximate surface area is 183 Å². The molecule has 2 heterocycles. The number of carbonyl (C=O) groups excluding carboxylic acids is 3.